The van der Waals surface area contributed by atoms with Gasteiger partial charge >= 0.3 is 5.97 Å². The Labute approximate surface area is 172 Å². The van der Waals surface area contributed by atoms with E-state index in [1.54, 1.807) is 18.2 Å². The maximum atomic E-state index is 12.5. The van der Waals surface area contributed by atoms with Crippen molar-refractivity contribution in [1.82, 2.24) is 4.90 Å². The first kappa shape index (κ1) is 22.6. The van der Waals surface area contributed by atoms with Crippen molar-refractivity contribution in [2.45, 2.75) is 45.1 Å². The molecule has 0 aliphatic heterocycles. The Morgan fingerprint density at radius 2 is 1.62 bits per heavy atom. The molecule has 160 valence electrons. The number of esters is 1. The van der Waals surface area contributed by atoms with Gasteiger partial charge in [0.2, 0.25) is 0 Å². The average molecular weight is 405 g/mol. The predicted molar refractivity (Wildman–Crippen MR) is 110 cm³/mol. The fraction of sp³-hybridized carbons (Fsp3) is 0.545. The number of amides is 1. The number of likely N-dealkylation sites (N-methyl/N-ethyl adjacent to an activating group) is 1. The van der Waals surface area contributed by atoms with Crippen LogP contribution in [0.2, 0.25) is 0 Å². The highest BCUT2D eigenvalue weighted by atomic mass is 16.5. The number of ether oxygens (including phenoxy) is 4. The van der Waals surface area contributed by atoms with E-state index in [0.717, 1.165) is 25.7 Å². The number of carbonyl (C=O) groups is 2. The quantitative estimate of drug-likeness (QED) is 0.463. The summed E-state index contributed by atoms with van der Waals surface area (Å²) in [5, 5.41) is 0. The van der Waals surface area contributed by atoms with E-state index in [-0.39, 0.29) is 18.6 Å². The molecule has 1 aliphatic carbocycles. The topological polar surface area (TPSA) is 74.3 Å². The second-order valence-electron chi connectivity index (χ2n) is 6.86. The third-order valence-corrected chi connectivity index (χ3v) is 5.15. The van der Waals surface area contributed by atoms with Gasteiger partial charge in [0.15, 0.2) is 18.1 Å². The molecule has 0 bridgehead atoms. The van der Waals surface area contributed by atoms with Gasteiger partial charge in [0.25, 0.3) is 5.91 Å². The molecular formula is C22H31NO6. The van der Waals surface area contributed by atoms with Crippen molar-refractivity contribution in [2.75, 3.05) is 34.5 Å². The number of carbonyl (C=O) groups excluding carboxylic acids is 2. The van der Waals surface area contributed by atoms with Gasteiger partial charge < -0.3 is 23.8 Å². The summed E-state index contributed by atoms with van der Waals surface area (Å²) in [5.74, 6) is 0.830. The van der Waals surface area contributed by atoms with E-state index in [9.17, 15) is 9.59 Å². The summed E-state index contributed by atoms with van der Waals surface area (Å²) in [5.41, 5.74) is 0.630. The van der Waals surface area contributed by atoms with E-state index in [1.165, 1.54) is 33.8 Å². The van der Waals surface area contributed by atoms with Gasteiger partial charge in [-0.3, -0.25) is 4.79 Å². The van der Waals surface area contributed by atoms with Crippen LogP contribution in [0.3, 0.4) is 0 Å². The summed E-state index contributed by atoms with van der Waals surface area (Å²) in [4.78, 5) is 26.4. The summed E-state index contributed by atoms with van der Waals surface area (Å²) in [6, 6.07) is 3.64. The fourth-order valence-corrected chi connectivity index (χ4v) is 3.64. The normalized spacial score (nSPS) is 14.5. The fourth-order valence-electron chi connectivity index (χ4n) is 3.64. The highest BCUT2D eigenvalue weighted by Gasteiger charge is 2.24. The van der Waals surface area contributed by atoms with Crippen LogP contribution < -0.4 is 14.2 Å². The van der Waals surface area contributed by atoms with Gasteiger partial charge in [-0.15, -0.1) is 0 Å². The predicted octanol–water partition coefficient (Wildman–Crippen LogP) is 3.45. The van der Waals surface area contributed by atoms with Crippen LogP contribution in [-0.4, -0.2) is 57.3 Å². The van der Waals surface area contributed by atoms with Crippen molar-refractivity contribution in [3.63, 3.8) is 0 Å². The van der Waals surface area contributed by atoms with Crippen LogP contribution in [0.4, 0.5) is 0 Å². The van der Waals surface area contributed by atoms with Crippen molar-refractivity contribution < 1.29 is 28.5 Å². The molecule has 2 rings (SSSR count). The SMILES string of the molecule is CCN(C(=O)COC(=O)/C=C/c1cc(OC)c(OC)cc1OC)C1CCCCC1. The van der Waals surface area contributed by atoms with E-state index < -0.39 is 5.97 Å². The molecule has 0 unspecified atom stereocenters. The summed E-state index contributed by atoms with van der Waals surface area (Å²) < 4.78 is 21.0. The van der Waals surface area contributed by atoms with E-state index in [4.69, 9.17) is 18.9 Å². The summed E-state index contributed by atoms with van der Waals surface area (Å²) in [7, 11) is 4.60. The van der Waals surface area contributed by atoms with Crippen LogP contribution in [0, 0.1) is 0 Å². The Kier molecular flexibility index (Phi) is 8.83. The second-order valence-corrected chi connectivity index (χ2v) is 6.86. The molecule has 0 heterocycles. The van der Waals surface area contributed by atoms with Crippen molar-refractivity contribution in [3.05, 3.63) is 23.8 Å². The zero-order valence-electron chi connectivity index (χ0n) is 17.7. The Morgan fingerprint density at radius 1 is 1.00 bits per heavy atom. The lowest BCUT2D eigenvalue weighted by molar-refractivity contribution is -0.149. The van der Waals surface area contributed by atoms with Crippen LogP contribution in [-0.2, 0) is 14.3 Å². The number of nitrogens with zero attached hydrogens (tertiary/aromatic N) is 1. The lowest BCUT2D eigenvalue weighted by Gasteiger charge is -2.33. The molecule has 1 aromatic rings. The van der Waals surface area contributed by atoms with Crippen LogP contribution in [0.15, 0.2) is 18.2 Å². The summed E-state index contributed by atoms with van der Waals surface area (Å²) in [6.45, 7) is 2.33. The van der Waals surface area contributed by atoms with Crippen molar-refractivity contribution in [3.8, 4) is 17.2 Å². The number of benzene rings is 1. The molecule has 29 heavy (non-hydrogen) atoms. The number of hydrogen-bond acceptors (Lipinski definition) is 6. The molecule has 7 nitrogen and oxygen atoms in total. The molecule has 0 atom stereocenters. The first-order valence-corrected chi connectivity index (χ1v) is 9.98. The molecule has 1 fully saturated rings. The highest BCUT2D eigenvalue weighted by molar-refractivity contribution is 5.90. The first-order valence-electron chi connectivity index (χ1n) is 9.98. The zero-order chi connectivity index (χ0) is 21.2. The molecular weight excluding hydrogens is 374 g/mol. The summed E-state index contributed by atoms with van der Waals surface area (Å²) in [6.07, 6.45) is 8.38. The minimum Gasteiger partial charge on any atom is -0.496 e. The minimum absolute atomic E-state index is 0.148. The molecule has 0 radical (unpaired) electrons. The molecule has 0 aromatic heterocycles. The molecule has 1 aromatic carbocycles. The molecule has 1 saturated carbocycles. The molecule has 1 amide bonds. The number of hydrogen-bond donors (Lipinski definition) is 0. The molecule has 7 heteroatoms. The van der Waals surface area contributed by atoms with Crippen LogP contribution >= 0.6 is 0 Å². The van der Waals surface area contributed by atoms with Gasteiger partial charge in [-0.25, -0.2) is 4.79 Å². The summed E-state index contributed by atoms with van der Waals surface area (Å²) >= 11 is 0. The second kappa shape index (κ2) is 11.3. The third-order valence-electron chi connectivity index (χ3n) is 5.15. The standard InChI is InChI=1S/C22H31NO6/c1-5-23(17-9-7-6-8-10-17)21(24)15-29-22(25)12-11-16-13-19(27-3)20(28-4)14-18(16)26-2/h11-14,17H,5-10,15H2,1-4H3/b12-11+. The lowest BCUT2D eigenvalue weighted by atomic mass is 9.94. The highest BCUT2D eigenvalue weighted by Crippen LogP contribution is 2.35. The number of rotatable bonds is 9. The molecule has 0 N–H and O–H groups in total. The Morgan fingerprint density at radius 3 is 2.21 bits per heavy atom. The van der Waals surface area contributed by atoms with Crippen molar-refractivity contribution in [1.29, 1.82) is 0 Å². The van der Waals surface area contributed by atoms with Crippen molar-refractivity contribution >= 4 is 18.0 Å². The van der Waals surface area contributed by atoms with Crippen LogP contribution in [0.1, 0.15) is 44.6 Å². The van der Waals surface area contributed by atoms with Crippen LogP contribution in [0.5, 0.6) is 17.2 Å². The lowest BCUT2D eigenvalue weighted by Crippen LogP contribution is -2.43. The number of methoxy groups -OCH3 is 3. The van der Waals surface area contributed by atoms with Gasteiger partial charge in [0.05, 0.1) is 21.3 Å². The van der Waals surface area contributed by atoms with Gasteiger partial charge in [-0.1, -0.05) is 19.3 Å². The van der Waals surface area contributed by atoms with Gasteiger partial charge in [-0.05, 0) is 31.9 Å². The third kappa shape index (κ3) is 6.14. The van der Waals surface area contributed by atoms with E-state index in [0.29, 0.717) is 29.4 Å². The smallest absolute Gasteiger partial charge is 0.331 e. The van der Waals surface area contributed by atoms with Crippen LogP contribution in [0.25, 0.3) is 6.08 Å². The van der Waals surface area contributed by atoms with Gasteiger partial charge in [0.1, 0.15) is 5.75 Å². The molecule has 0 saturated heterocycles. The first-order chi connectivity index (χ1) is 14.0. The van der Waals surface area contributed by atoms with Crippen molar-refractivity contribution in [2.24, 2.45) is 0 Å². The maximum Gasteiger partial charge on any atom is 0.331 e. The monoisotopic (exact) mass is 405 g/mol. The van der Waals surface area contributed by atoms with Gasteiger partial charge in [0, 0.05) is 30.3 Å². The molecule has 0 spiro atoms. The van der Waals surface area contributed by atoms with E-state index >= 15 is 0 Å². The Balaban J connectivity index is 1.97. The van der Waals surface area contributed by atoms with Gasteiger partial charge in [-0.2, -0.15) is 0 Å². The molecule has 1 aliphatic rings. The Bertz CT molecular complexity index is 724. The average Bonchev–Trinajstić information content (AvgIpc) is 2.76. The zero-order valence-corrected chi connectivity index (χ0v) is 17.7. The van der Waals surface area contributed by atoms with E-state index in [1.807, 2.05) is 11.8 Å². The maximum absolute atomic E-state index is 12.5. The largest absolute Gasteiger partial charge is 0.496 e. The minimum atomic E-state index is -0.588. The Hall–Kier alpha value is -2.70. The van der Waals surface area contributed by atoms with E-state index in [2.05, 4.69) is 0 Å².